The summed E-state index contributed by atoms with van der Waals surface area (Å²) >= 11 is 0. The summed E-state index contributed by atoms with van der Waals surface area (Å²) in [6.45, 7) is 8.03. The fraction of sp³-hybridized carbons (Fsp3) is 0.500. The van der Waals surface area contributed by atoms with Crippen LogP contribution in [0, 0.1) is 0 Å². The van der Waals surface area contributed by atoms with Crippen LogP contribution in [-0.2, 0) is 4.84 Å². The predicted molar refractivity (Wildman–Crippen MR) is 44.4 cm³/mol. The zero-order valence-electron chi connectivity index (χ0n) is 6.86. The first-order chi connectivity index (χ1) is 5.36. The number of hydrogen-bond acceptors (Lipinski definition) is 3. The molecule has 0 aromatic heterocycles. The molecule has 0 atom stereocenters. The van der Waals surface area contributed by atoms with Crippen molar-refractivity contribution < 1.29 is 4.84 Å². The van der Waals surface area contributed by atoms with Crippen LogP contribution in [0.3, 0.4) is 0 Å². The van der Waals surface area contributed by atoms with Gasteiger partial charge in [-0.1, -0.05) is 6.08 Å². The van der Waals surface area contributed by atoms with Crippen molar-refractivity contribution in [2.75, 3.05) is 19.8 Å². The summed E-state index contributed by atoms with van der Waals surface area (Å²) in [6.07, 6.45) is 5.80. The van der Waals surface area contributed by atoms with Gasteiger partial charge >= 0.3 is 0 Å². The lowest BCUT2D eigenvalue weighted by Crippen LogP contribution is -2.25. The summed E-state index contributed by atoms with van der Waals surface area (Å²) in [5.74, 6) is 0. The van der Waals surface area contributed by atoms with Gasteiger partial charge in [-0.25, -0.2) is 5.06 Å². The molecule has 1 aliphatic heterocycles. The Morgan fingerprint density at radius 1 is 1.64 bits per heavy atom. The van der Waals surface area contributed by atoms with Crippen LogP contribution in [0.5, 0.6) is 0 Å². The van der Waals surface area contributed by atoms with Crippen molar-refractivity contribution in [3.63, 3.8) is 0 Å². The van der Waals surface area contributed by atoms with Gasteiger partial charge in [0.25, 0.3) is 0 Å². The van der Waals surface area contributed by atoms with Crippen LogP contribution in [0.25, 0.3) is 0 Å². The molecule has 0 unspecified atom stereocenters. The highest BCUT2D eigenvalue weighted by Gasteiger charge is 2.09. The van der Waals surface area contributed by atoms with Gasteiger partial charge in [0.2, 0.25) is 0 Å². The van der Waals surface area contributed by atoms with Gasteiger partial charge < -0.3 is 4.90 Å². The lowest BCUT2D eigenvalue weighted by Gasteiger charge is -2.18. The van der Waals surface area contributed by atoms with Crippen molar-refractivity contribution in [1.82, 2.24) is 9.96 Å². The van der Waals surface area contributed by atoms with E-state index in [0.29, 0.717) is 6.61 Å². The molecule has 1 rings (SSSR count). The maximum absolute atomic E-state index is 5.25. The molecule has 3 nitrogen and oxygen atoms in total. The number of hydroxylamine groups is 2. The van der Waals surface area contributed by atoms with Gasteiger partial charge in [0.05, 0.1) is 6.61 Å². The van der Waals surface area contributed by atoms with Crippen molar-refractivity contribution >= 4 is 0 Å². The van der Waals surface area contributed by atoms with E-state index >= 15 is 0 Å². The Hall–Kier alpha value is -0.960. The topological polar surface area (TPSA) is 15.7 Å². The maximum atomic E-state index is 5.25. The highest BCUT2D eigenvalue weighted by molar-refractivity contribution is 4.90. The minimum atomic E-state index is 0.715. The van der Waals surface area contributed by atoms with Crippen LogP contribution in [0.2, 0.25) is 0 Å². The fourth-order valence-corrected chi connectivity index (χ4v) is 0.976. The van der Waals surface area contributed by atoms with E-state index in [0.717, 1.165) is 13.2 Å². The molecular weight excluding hydrogens is 140 g/mol. The van der Waals surface area contributed by atoms with E-state index in [1.54, 1.807) is 0 Å². The first-order valence-electron chi connectivity index (χ1n) is 3.79. The Morgan fingerprint density at radius 3 is 3.09 bits per heavy atom. The summed E-state index contributed by atoms with van der Waals surface area (Å²) in [5, 5.41) is 1.81. The van der Waals surface area contributed by atoms with E-state index in [2.05, 4.69) is 11.5 Å². The highest BCUT2D eigenvalue weighted by Crippen LogP contribution is 2.05. The molecule has 0 aliphatic carbocycles. The quantitative estimate of drug-likeness (QED) is 0.565. The normalized spacial score (nSPS) is 16.1. The second kappa shape index (κ2) is 4.03. The van der Waals surface area contributed by atoms with E-state index in [4.69, 9.17) is 4.84 Å². The van der Waals surface area contributed by atoms with Gasteiger partial charge in [-0.2, -0.15) is 0 Å². The molecule has 0 saturated carbocycles. The van der Waals surface area contributed by atoms with Gasteiger partial charge in [-0.3, -0.25) is 4.84 Å². The largest absolute Gasteiger partial charge is 0.353 e. The average Bonchev–Trinajstić information content (AvgIpc) is 2.38. The van der Waals surface area contributed by atoms with Crippen LogP contribution in [0.15, 0.2) is 25.1 Å². The molecule has 0 aromatic carbocycles. The Bertz CT molecular complexity index is 156. The average molecular weight is 154 g/mol. The monoisotopic (exact) mass is 154 g/mol. The molecule has 1 heterocycles. The third kappa shape index (κ3) is 2.27. The lowest BCUT2D eigenvalue weighted by atomic mass is 10.6. The molecule has 0 spiro atoms. The molecule has 3 heteroatoms. The van der Waals surface area contributed by atoms with Crippen LogP contribution in [-0.4, -0.2) is 29.8 Å². The van der Waals surface area contributed by atoms with E-state index in [9.17, 15) is 0 Å². The molecular formula is C8H14N2O. The molecule has 0 aromatic rings. The second-order valence-corrected chi connectivity index (χ2v) is 2.33. The summed E-state index contributed by atoms with van der Waals surface area (Å²) in [4.78, 5) is 7.36. The minimum absolute atomic E-state index is 0.715. The van der Waals surface area contributed by atoms with Crippen molar-refractivity contribution in [3.8, 4) is 0 Å². The highest BCUT2D eigenvalue weighted by atomic mass is 16.7. The van der Waals surface area contributed by atoms with Gasteiger partial charge in [0, 0.05) is 18.9 Å². The molecule has 0 radical (unpaired) electrons. The smallest absolute Gasteiger partial charge is 0.116 e. The first-order valence-corrected chi connectivity index (χ1v) is 3.79. The van der Waals surface area contributed by atoms with Gasteiger partial charge in [0.1, 0.15) is 6.67 Å². The molecule has 11 heavy (non-hydrogen) atoms. The summed E-state index contributed by atoms with van der Waals surface area (Å²) < 4.78 is 0. The Morgan fingerprint density at radius 2 is 2.45 bits per heavy atom. The van der Waals surface area contributed by atoms with Gasteiger partial charge in [0.15, 0.2) is 0 Å². The number of rotatable bonds is 4. The third-order valence-corrected chi connectivity index (χ3v) is 1.42. The van der Waals surface area contributed by atoms with E-state index in [1.807, 2.05) is 30.5 Å². The molecule has 62 valence electrons. The lowest BCUT2D eigenvalue weighted by molar-refractivity contribution is -0.122. The predicted octanol–water partition coefficient (Wildman–Crippen LogP) is 1.17. The molecule has 0 bridgehead atoms. The van der Waals surface area contributed by atoms with Crippen molar-refractivity contribution in [2.24, 2.45) is 0 Å². The first kappa shape index (κ1) is 8.14. The Balaban J connectivity index is 2.24. The van der Waals surface area contributed by atoms with E-state index in [1.165, 1.54) is 0 Å². The van der Waals surface area contributed by atoms with Gasteiger partial charge in [-0.05, 0) is 6.92 Å². The third-order valence-electron chi connectivity index (χ3n) is 1.42. The van der Waals surface area contributed by atoms with Gasteiger partial charge in [-0.15, -0.1) is 6.58 Å². The number of nitrogens with zero attached hydrogens (tertiary/aromatic N) is 2. The zero-order chi connectivity index (χ0) is 8.10. The molecule has 0 amide bonds. The van der Waals surface area contributed by atoms with E-state index < -0.39 is 0 Å². The van der Waals surface area contributed by atoms with Crippen LogP contribution in [0.4, 0.5) is 0 Å². The molecule has 1 aliphatic rings. The molecule has 0 saturated heterocycles. The van der Waals surface area contributed by atoms with Crippen molar-refractivity contribution in [2.45, 2.75) is 6.92 Å². The van der Waals surface area contributed by atoms with Crippen molar-refractivity contribution in [1.29, 1.82) is 0 Å². The minimum Gasteiger partial charge on any atom is -0.353 e. The molecule has 0 N–H and O–H groups in total. The summed E-state index contributed by atoms with van der Waals surface area (Å²) in [6, 6.07) is 0. The van der Waals surface area contributed by atoms with Crippen LogP contribution in [0.1, 0.15) is 6.92 Å². The Kier molecular flexibility index (Phi) is 2.98. The SMILES string of the molecule is C=CCN1C=CN(OCC)C1. The Labute approximate surface area is 67.5 Å². The molecule has 0 fully saturated rings. The standard InChI is InChI=1S/C8H14N2O/c1-3-5-9-6-7-10(8-9)11-4-2/h3,6-7H,1,4-5,8H2,2H3. The number of hydrogen-bond donors (Lipinski definition) is 0. The zero-order valence-corrected chi connectivity index (χ0v) is 6.86. The summed E-state index contributed by atoms with van der Waals surface area (Å²) in [7, 11) is 0. The summed E-state index contributed by atoms with van der Waals surface area (Å²) in [5.41, 5.74) is 0. The second-order valence-electron chi connectivity index (χ2n) is 2.33. The maximum Gasteiger partial charge on any atom is 0.116 e. The fourth-order valence-electron chi connectivity index (χ4n) is 0.976. The van der Waals surface area contributed by atoms with Crippen molar-refractivity contribution in [3.05, 3.63) is 25.1 Å². The van der Waals surface area contributed by atoms with Crippen LogP contribution >= 0.6 is 0 Å². The van der Waals surface area contributed by atoms with Crippen LogP contribution < -0.4 is 0 Å². The van der Waals surface area contributed by atoms with E-state index in [-0.39, 0.29) is 0 Å².